The first kappa shape index (κ1) is 2.98. The summed E-state index contributed by atoms with van der Waals surface area (Å²) in [6, 6.07) is 0. The third-order valence-electron chi connectivity index (χ3n) is 1.36. The van der Waals surface area contributed by atoms with Crippen LogP contribution in [0.15, 0.2) is 12.2 Å². The lowest BCUT2D eigenvalue weighted by Crippen LogP contribution is -2.26. The number of allylic oxidation sites excluding steroid dienone is 2. The fourth-order valence-corrected chi connectivity index (χ4v) is 1.69. The minimum absolute atomic E-state index is 0.895. The Balaban J connectivity index is 2.40. The molecule has 0 saturated heterocycles. The number of rotatable bonds is 0. The first-order valence-electron chi connectivity index (χ1n) is 2.18. The van der Waals surface area contributed by atoms with Crippen molar-refractivity contribution in [2.75, 3.05) is 0 Å². The molecular formula is C5H5P. The van der Waals surface area contributed by atoms with Gasteiger partial charge in [-0.25, -0.2) is 0 Å². The lowest BCUT2D eigenvalue weighted by atomic mass is 9.96. The van der Waals surface area contributed by atoms with Crippen LogP contribution < -0.4 is 0 Å². The van der Waals surface area contributed by atoms with Crippen LogP contribution in [0.2, 0.25) is 0 Å². The van der Waals surface area contributed by atoms with Gasteiger partial charge in [-0.2, -0.15) is 0 Å². The summed E-state index contributed by atoms with van der Waals surface area (Å²) in [7, 11) is 1.55. The summed E-state index contributed by atoms with van der Waals surface area (Å²) in [5, 5.41) is 0. The Bertz CT molecular complexity index is 95.9. The van der Waals surface area contributed by atoms with Crippen molar-refractivity contribution in [3.8, 4) is 0 Å². The Morgan fingerprint density at radius 1 is 1.33 bits per heavy atom. The molecule has 2 aliphatic rings. The zero-order valence-corrected chi connectivity index (χ0v) is 4.23. The van der Waals surface area contributed by atoms with Gasteiger partial charge in [0.15, 0.2) is 0 Å². The van der Waals surface area contributed by atoms with Gasteiger partial charge in [0.1, 0.15) is 0 Å². The van der Waals surface area contributed by atoms with Gasteiger partial charge in [0.2, 0.25) is 0 Å². The molecule has 1 heteroatoms. The standard InChI is InChI=1S/C5H5P/c1-2-5-4(1)3-6-5/h1-5H. The highest BCUT2D eigenvalue weighted by atomic mass is 31.1. The van der Waals surface area contributed by atoms with E-state index in [2.05, 4.69) is 17.9 Å². The third-order valence-corrected chi connectivity index (χ3v) is 2.73. The second kappa shape index (κ2) is 0.764. The van der Waals surface area contributed by atoms with Crippen molar-refractivity contribution in [1.29, 1.82) is 0 Å². The molecule has 0 nitrogen and oxygen atoms in total. The van der Waals surface area contributed by atoms with Gasteiger partial charge in [0.25, 0.3) is 0 Å². The topological polar surface area (TPSA) is 0 Å². The van der Waals surface area contributed by atoms with Crippen LogP contribution in [-0.2, 0) is 0 Å². The van der Waals surface area contributed by atoms with Gasteiger partial charge in [-0.3, -0.25) is 0 Å². The molecule has 0 aromatic heterocycles. The van der Waals surface area contributed by atoms with Gasteiger partial charge >= 0.3 is 0 Å². The Morgan fingerprint density at radius 2 is 2.17 bits per heavy atom. The predicted molar refractivity (Wildman–Crippen MR) is 29.4 cm³/mol. The quantitative estimate of drug-likeness (QED) is 0.315. The molecule has 0 amide bonds. The second-order valence-electron chi connectivity index (χ2n) is 1.75. The van der Waals surface area contributed by atoms with E-state index in [0.717, 1.165) is 11.6 Å². The van der Waals surface area contributed by atoms with E-state index in [1.54, 1.807) is 8.20 Å². The van der Waals surface area contributed by atoms with Gasteiger partial charge in [-0.15, -0.1) is 0 Å². The first-order chi connectivity index (χ1) is 2.97. The normalized spacial score (nSPS) is 49.3. The third kappa shape index (κ3) is 0.171. The van der Waals surface area contributed by atoms with Gasteiger partial charge < -0.3 is 0 Å². The van der Waals surface area contributed by atoms with Crippen LogP contribution in [-0.4, -0.2) is 11.5 Å². The van der Waals surface area contributed by atoms with E-state index in [-0.39, 0.29) is 0 Å². The summed E-state index contributed by atoms with van der Waals surface area (Å²) in [5.74, 6) is 3.23. The van der Waals surface area contributed by atoms with Crippen LogP contribution in [0.4, 0.5) is 0 Å². The van der Waals surface area contributed by atoms with E-state index < -0.39 is 0 Å². The summed E-state index contributed by atoms with van der Waals surface area (Å²) in [5.41, 5.74) is 0.949. The first-order valence-corrected chi connectivity index (χ1v) is 3.22. The van der Waals surface area contributed by atoms with Crippen molar-refractivity contribution in [3.63, 3.8) is 0 Å². The van der Waals surface area contributed by atoms with Gasteiger partial charge in [-0.05, 0) is 0 Å². The van der Waals surface area contributed by atoms with E-state index in [9.17, 15) is 0 Å². The summed E-state index contributed by atoms with van der Waals surface area (Å²) in [6.45, 7) is 0. The van der Waals surface area contributed by atoms with Gasteiger partial charge in [-0.1, -0.05) is 26.2 Å². The lowest BCUT2D eigenvalue weighted by molar-refractivity contribution is 0.828. The van der Waals surface area contributed by atoms with E-state index >= 15 is 0 Å². The van der Waals surface area contributed by atoms with Crippen LogP contribution in [0.25, 0.3) is 0 Å². The zero-order valence-electron chi connectivity index (χ0n) is 3.33. The SMILES string of the molecule is C1=CC2P=CC12. The Kier molecular flexibility index (Phi) is 0.380. The Labute approximate surface area is 38.7 Å². The van der Waals surface area contributed by atoms with Crippen molar-refractivity contribution in [3.05, 3.63) is 12.2 Å². The van der Waals surface area contributed by atoms with Crippen LogP contribution in [0.5, 0.6) is 0 Å². The lowest BCUT2D eigenvalue weighted by Gasteiger charge is -2.30. The molecule has 1 aliphatic heterocycles. The molecule has 0 fully saturated rings. The van der Waals surface area contributed by atoms with Crippen LogP contribution in [0.3, 0.4) is 0 Å². The van der Waals surface area contributed by atoms with E-state index in [4.69, 9.17) is 0 Å². The van der Waals surface area contributed by atoms with E-state index in [1.807, 2.05) is 0 Å². The van der Waals surface area contributed by atoms with Crippen LogP contribution >= 0.6 is 8.20 Å². The molecule has 6 heavy (non-hydrogen) atoms. The highest BCUT2D eigenvalue weighted by Crippen LogP contribution is 2.37. The average molecular weight is 96.1 g/mol. The summed E-state index contributed by atoms with van der Waals surface area (Å²) >= 11 is 0. The molecule has 0 bridgehead atoms. The molecular weight excluding hydrogens is 91.0 g/mol. The highest BCUT2D eigenvalue weighted by molar-refractivity contribution is 7.42. The summed E-state index contributed by atoms with van der Waals surface area (Å²) < 4.78 is 0. The Hall–Kier alpha value is -0.0900. The van der Waals surface area contributed by atoms with Crippen molar-refractivity contribution < 1.29 is 0 Å². The largest absolute Gasteiger partial charge is 0.0997 e. The van der Waals surface area contributed by atoms with E-state index in [1.165, 1.54) is 0 Å². The van der Waals surface area contributed by atoms with Crippen molar-refractivity contribution in [1.82, 2.24) is 0 Å². The van der Waals surface area contributed by atoms with E-state index in [0.29, 0.717) is 0 Å². The minimum Gasteiger partial charge on any atom is -0.0997 e. The number of fused-ring (bicyclic) bond motifs is 1. The van der Waals surface area contributed by atoms with Crippen molar-refractivity contribution in [2.24, 2.45) is 5.92 Å². The van der Waals surface area contributed by atoms with Crippen LogP contribution in [0.1, 0.15) is 0 Å². The van der Waals surface area contributed by atoms with Crippen molar-refractivity contribution >= 4 is 14.0 Å². The monoisotopic (exact) mass is 96.0 g/mol. The van der Waals surface area contributed by atoms with Gasteiger partial charge in [0.05, 0.1) is 0 Å². The van der Waals surface area contributed by atoms with Gasteiger partial charge in [0, 0.05) is 11.6 Å². The fourth-order valence-electron chi connectivity index (χ4n) is 0.723. The summed E-state index contributed by atoms with van der Waals surface area (Å²) in [4.78, 5) is 0. The Morgan fingerprint density at radius 3 is 2.17 bits per heavy atom. The maximum absolute atomic E-state index is 2.34. The zero-order chi connectivity index (χ0) is 3.98. The highest BCUT2D eigenvalue weighted by Gasteiger charge is 2.26. The minimum atomic E-state index is 0.895. The molecule has 2 atom stereocenters. The molecule has 0 aromatic carbocycles. The molecule has 30 valence electrons. The molecule has 0 radical (unpaired) electrons. The molecule has 0 saturated carbocycles. The molecule has 1 heterocycles. The van der Waals surface area contributed by atoms with Crippen LogP contribution in [0, 0.1) is 5.92 Å². The molecule has 0 N–H and O–H groups in total. The average Bonchev–Trinajstić information content (AvgIpc) is 1.54. The maximum Gasteiger partial charge on any atom is 0.0287 e. The summed E-state index contributed by atoms with van der Waals surface area (Å²) in [6.07, 6.45) is 4.55. The van der Waals surface area contributed by atoms with Crippen molar-refractivity contribution in [2.45, 2.75) is 5.66 Å². The molecule has 0 aromatic rings. The predicted octanol–water partition coefficient (Wildman–Crippen LogP) is 1.30. The number of hydrogen-bond acceptors (Lipinski definition) is 0. The molecule has 0 spiro atoms. The number of hydrogen-bond donors (Lipinski definition) is 0. The molecule has 2 unspecified atom stereocenters. The molecule has 2 rings (SSSR count). The second-order valence-corrected chi connectivity index (χ2v) is 2.94. The fraction of sp³-hybridized carbons (Fsp3) is 0.400. The maximum atomic E-state index is 2.34. The molecule has 1 aliphatic carbocycles. The smallest absolute Gasteiger partial charge is 0.0287 e.